The molecule has 8 rings (SSSR count). The van der Waals surface area contributed by atoms with Gasteiger partial charge in [0.05, 0.1) is 0 Å². The van der Waals surface area contributed by atoms with Crippen LogP contribution in [-0.2, 0) is 0 Å². The minimum absolute atomic E-state index is 0.00167. The van der Waals surface area contributed by atoms with Gasteiger partial charge in [0.15, 0.2) is 23.0 Å². The Kier molecular flexibility index (Phi) is 6.83. The van der Waals surface area contributed by atoms with Crippen LogP contribution in [-0.4, -0.2) is 40.9 Å². The molecule has 0 heterocycles. The van der Waals surface area contributed by atoms with E-state index in [1.54, 1.807) is 30.3 Å². The summed E-state index contributed by atoms with van der Waals surface area (Å²) in [5.41, 5.74) is 4.27. The maximum absolute atomic E-state index is 11.6. The van der Waals surface area contributed by atoms with Gasteiger partial charge in [-0.3, -0.25) is 0 Å². The molecular formula is C42H28O8. The van der Waals surface area contributed by atoms with Crippen molar-refractivity contribution in [2.24, 2.45) is 0 Å². The first kappa shape index (κ1) is 30.3. The molecule has 8 N–H and O–H groups in total. The molecule has 0 radical (unpaired) electrons. The first-order valence-electron chi connectivity index (χ1n) is 15.7. The van der Waals surface area contributed by atoms with Crippen molar-refractivity contribution in [1.82, 2.24) is 0 Å². The van der Waals surface area contributed by atoms with Crippen LogP contribution in [0.25, 0.3) is 76.8 Å². The van der Waals surface area contributed by atoms with Gasteiger partial charge in [0.1, 0.15) is 0 Å². The summed E-state index contributed by atoms with van der Waals surface area (Å²) in [6.45, 7) is 0. The summed E-state index contributed by atoms with van der Waals surface area (Å²) in [4.78, 5) is 0. The van der Waals surface area contributed by atoms with E-state index in [0.29, 0.717) is 11.1 Å². The summed E-state index contributed by atoms with van der Waals surface area (Å²) < 4.78 is 0. The van der Waals surface area contributed by atoms with Gasteiger partial charge in [0.25, 0.3) is 0 Å². The molecule has 0 bridgehead atoms. The van der Waals surface area contributed by atoms with Crippen LogP contribution in [0.5, 0.6) is 46.0 Å². The number of aromatic hydroxyl groups is 8. The molecule has 0 atom stereocenters. The van der Waals surface area contributed by atoms with E-state index in [-0.39, 0.29) is 32.7 Å². The Morgan fingerprint density at radius 1 is 0.240 bits per heavy atom. The predicted octanol–water partition coefficient (Wildman–Crippen LogP) is 9.46. The smallest absolute Gasteiger partial charge is 0.204 e. The standard InChI is InChI=1S/C42H28O8/c43-35-31-29(27-13-7-12-23(19-27)21-8-3-1-4-9-21)32-34(38(46)42(50)40(48)36(32)44)30(33(31)37(45)41(49)39(35)47)28-17-16-25-18-24(14-15-26(25)20-28)22-10-5-2-6-11-22/h1-20,43-50H. The third-order valence-electron chi connectivity index (χ3n) is 9.29. The zero-order chi connectivity index (χ0) is 34.8. The number of phenolic OH excluding ortho intramolecular Hbond substituents is 8. The molecule has 0 saturated carbocycles. The summed E-state index contributed by atoms with van der Waals surface area (Å²) in [6.07, 6.45) is 0. The molecule has 0 spiro atoms. The van der Waals surface area contributed by atoms with E-state index in [4.69, 9.17) is 0 Å². The molecule has 0 aliphatic carbocycles. The highest BCUT2D eigenvalue weighted by molar-refractivity contribution is 6.29. The number of fused-ring (bicyclic) bond motifs is 3. The number of phenols is 8. The molecule has 50 heavy (non-hydrogen) atoms. The van der Waals surface area contributed by atoms with Crippen molar-refractivity contribution in [2.45, 2.75) is 0 Å². The number of rotatable bonds is 4. The lowest BCUT2D eigenvalue weighted by atomic mass is 9.83. The third kappa shape index (κ3) is 4.47. The van der Waals surface area contributed by atoms with E-state index in [1.165, 1.54) is 0 Å². The zero-order valence-electron chi connectivity index (χ0n) is 26.1. The van der Waals surface area contributed by atoms with E-state index in [9.17, 15) is 40.9 Å². The highest BCUT2D eigenvalue weighted by atomic mass is 16.4. The Morgan fingerprint density at radius 3 is 1.00 bits per heavy atom. The molecule has 8 aromatic rings. The molecule has 0 aliphatic heterocycles. The number of hydrogen-bond acceptors (Lipinski definition) is 8. The lowest BCUT2D eigenvalue weighted by Crippen LogP contribution is -1.95. The van der Waals surface area contributed by atoms with Crippen LogP contribution in [0.1, 0.15) is 0 Å². The fraction of sp³-hybridized carbons (Fsp3) is 0. The van der Waals surface area contributed by atoms with Crippen molar-refractivity contribution in [3.8, 4) is 90.5 Å². The molecule has 0 aromatic heterocycles. The summed E-state index contributed by atoms with van der Waals surface area (Å²) in [5.74, 6) is -7.34. The Labute approximate surface area is 284 Å². The maximum Gasteiger partial charge on any atom is 0.204 e. The van der Waals surface area contributed by atoms with E-state index in [2.05, 4.69) is 0 Å². The molecule has 0 amide bonds. The molecule has 0 aliphatic rings. The highest BCUT2D eigenvalue weighted by Gasteiger charge is 2.32. The van der Waals surface area contributed by atoms with Gasteiger partial charge in [-0.05, 0) is 62.4 Å². The quantitative estimate of drug-likeness (QED) is 0.0526. The summed E-state index contributed by atoms with van der Waals surface area (Å²) in [5, 5.41) is 90.4. The Balaban J connectivity index is 1.53. The molecule has 0 saturated heterocycles. The monoisotopic (exact) mass is 660 g/mol. The molecule has 8 nitrogen and oxygen atoms in total. The van der Waals surface area contributed by atoms with Gasteiger partial charge in [-0.15, -0.1) is 0 Å². The van der Waals surface area contributed by atoms with E-state index in [1.807, 2.05) is 91.0 Å². The number of hydrogen-bond donors (Lipinski definition) is 8. The Bertz CT molecular complexity index is 2590. The fourth-order valence-electron chi connectivity index (χ4n) is 6.89. The lowest BCUT2D eigenvalue weighted by Gasteiger charge is -2.23. The van der Waals surface area contributed by atoms with Gasteiger partial charge in [-0.1, -0.05) is 103 Å². The lowest BCUT2D eigenvalue weighted by molar-refractivity contribution is 0.350. The predicted molar refractivity (Wildman–Crippen MR) is 194 cm³/mol. The van der Waals surface area contributed by atoms with Crippen LogP contribution >= 0.6 is 0 Å². The second kappa shape index (κ2) is 11.3. The van der Waals surface area contributed by atoms with Crippen LogP contribution in [0, 0.1) is 0 Å². The Hall–Kier alpha value is -7.06. The minimum atomic E-state index is -1.01. The second-order valence-electron chi connectivity index (χ2n) is 12.1. The molecule has 8 heteroatoms. The van der Waals surface area contributed by atoms with Gasteiger partial charge >= 0.3 is 0 Å². The van der Waals surface area contributed by atoms with Crippen LogP contribution in [0.15, 0.2) is 121 Å². The van der Waals surface area contributed by atoms with Crippen molar-refractivity contribution in [3.63, 3.8) is 0 Å². The average molecular weight is 661 g/mol. The van der Waals surface area contributed by atoms with Crippen LogP contribution < -0.4 is 0 Å². The van der Waals surface area contributed by atoms with Gasteiger partial charge in [0, 0.05) is 32.7 Å². The van der Waals surface area contributed by atoms with E-state index >= 15 is 0 Å². The van der Waals surface area contributed by atoms with Crippen LogP contribution in [0.2, 0.25) is 0 Å². The van der Waals surface area contributed by atoms with Crippen LogP contribution in [0.4, 0.5) is 0 Å². The number of benzene rings is 8. The molecule has 0 unspecified atom stereocenters. The topological polar surface area (TPSA) is 162 Å². The molecule has 0 fully saturated rings. The SMILES string of the molecule is Oc1c(O)c(O)c2c(-c3ccc4cc(-c5ccccc5)ccc4c3)c3c(O)c(O)c(O)c(O)c3c(-c3cccc(-c4ccccc4)c3)c2c1O. The second-order valence-corrected chi connectivity index (χ2v) is 12.1. The largest absolute Gasteiger partial charge is 0.504 e. The third-order valence-corrected chi connectivity index (χ3v) is 9.29. The van der Waals surface area contributed by atoms with Crippen molar-refractivity contribution < 1.29 is 40.9 Å². The maximum atomic E-state index is 11.6. The first-order valence-corrected chi connectivity index (χ1v) is 15.7. The molecule has 244 valence electrons. The summed E-state index contributed by atoms with van der Waals surface area (Å²) >= 11 is 0. The van der Waals surface area contributed by atoms with Crippen molar-refractivity contribution >= 4 is 32.3 Å². The highest BCUT2D eigenvalue weighted by Crippen LogP contribution is 2.62. The normalized spacial score (nSPS) is 11.4. The van der Waals surface area contributed by atoms with Crippen molar-refractivity contribution in [3.05, 3.63) is 121 Å². The average Bonchev–Trinajstić information content (AvgIpc) is 3.16. The Morgan fingerprint density at radius 2 is 0.560 bits per heavy atom. The van der Waals surface area contributed by atoms with Gasteiger partial charge in [0.2, 0.25) is 23.0 Å². The minimum Gasteiger partial charge on any atom is -0.504 e. The van der Waals surface area contributed by atoms with Crippen molar-refractivity contribution in [1.29, 1.82) is 0 Å². The molecule has 8 aromatic carbocycles. The van der Waals surface area contributed by atoms with Gasteiger partial charge < -0.3 is 40.9 Å². The van der Waals surface area contributed by atoms with E-state index in [0.717, 1.165) is 33.0 Å². The van der Waals surface area contributed by atoms with Gasteiger partial charge in [-0.2, -0.15) is 0 Å². The first-order chi connectivity index (χ1) is 24.2. The van der Waals surface area contributed by atoms with Gasteiger partial charge in [-0.25, -0.2) is 0 Å². The zero-order valence-corrected chi connectivity index (χ0v) is 26.1. The summed E-state index contributed by atoms with van der Waals surface area (Å²) in [7, 11) is 0. The molecular weight excluding hydrogens is 632 g/mol. The fourth-order valence-corrected chi connectivity index (χ4v) is 6.89. The summed E-state index contributed by atoms with van der Waals surface area (Å²) in [6, 6.07) is 37.3. The van der Waals surface area contributed by atoms with E-state index < -0.39 is 46.0 Å². The van der Waals surface area contributed by atoms with Crippen LogP contribution in [0.3, 0.4) is 0 Å². The van der Waals surface area contributed by atoms with Crippen molar-refractivity contribution in [2.75, 3.05) is 0 Å².